The SMILES string of the molecule is CCNC(=NCC1CN2CCN1CC2)NCCN1CCCCC1CC. The van der Waals surface area contributed by atoms with Gasteiger partial charge in [-0.1, -0.05) is 13.3 Å². The van der Waals surface area contributed by atoms with Gasteiger partial charge in [-0.25, -0.2) is 0 Å². The predicted molar refractivity (Wildman–Crippen MR) is 105 cm³/mol. The van der Waals surface area contributed by atoms with Crippen LogP contribution >= 0.6 is 0 Å². The lowest BCUT2D eigenvalue weighted by atomic mass is 10.0. The van der Waals surface area contributed by atoms with Crippen LogP contribution in [-0.4, -0.2) is 98.2 Å². The van der Waals surface area contributed by atoms with Gasteiger partial charge >= 0.3 is 0 Å². The molecule has 2 bridgehead atoms. The third kappa shape index (κ3) is 5.31. The highest BCUT2D eigenvalue weighted by molar-refractivity contribution is 5.79. The van der Waals surface area contributed by atoms with Crippen molar-refractivity contribution >= 4 is 5.96 Å². The lowest BCUT2D eigenvalue weighted by molar-refractivity contribution is 0.0174. The predicted octanol–water partition coefficient (Wildman–Crippen LogP) is 0.806. The summed E-state index contributed by atoms with van der Waals surface area (Å²) in [6, 6.07) is 1.39. The summed E-state index contributed by atoms with van der Waals surface area (Å²) >= 11 is 0. The number of nitrogens with one attached hydrogen (secondary N) is 2. The molecular formula is C19H38N6. The van der Waals surface area contributed by atoms with Gasteiger partial charge in [-0.05, 0) is 32.7 Å². The van der Waals surface area contributed by atoms with E-state index in [0.29, 0.717) is 6.04 Å². The maximum Gasteiger partial charge on any atom is 0.191 e. The van der Waals surface area contributed by atoms with Gasteiger partial charge < -0.3 is 10.6 Å². The fourth-order valence-electron chi connectivity index (χ4n) is 4.57. The molecule has 6 heteroatoms. The Balaban J connectivity index is 1.44. The van der Waals surface area contributed by atoms with Crippen LogP contribution in [0.25, 0.3) is 0 Å². The second kappa shape index (κ2) is 9.74. The van der Waals surface area contributed by atoms with Crippen molar-refractivity contribution in [2.45, 2.75) is 51.6 Å². The van der Waals surface area contributed by atoms with E-state index in [1.165, 1.54) is 65.0 Å². The number of hydrogen-bond acceptors (Lipinski definition) is 4. The maximum atomic E-state index is 4.89. The van der Waals surface area contributed by atoms with Crippen molar-refractivity contribution in [1.29, 1.82) is 0 Å². The molecule has 25 heavy (non-hydrogen) atoms. The fourth-order valence-corrected chi connectivity index (χ4v) is 4.57. The summed E-state index contributed by atoms with van der Waals surface area (Å²) in [7, 11) is 0. The molecule has 0 spiro atoms. The first-order valence-electron chi connectivity index (χ1n) is 10.5. The second-order valence-electron chi connectivity index (χ2n) is 7.73. The quantitative estimate of drug-likeness (QED) is 0.525. The number of aliphatic imine (C=N–C) groups is 1. The van der Waals surface area contributed by atoms with Crippen LogP contribution < -0.4 is 10.6 Å². The summed E-state index contributed by atoms with van der Waals surface area (Å²) in [5, 5.41) is 6.98. The van der Waals surface area contributed by atoms with Crippen LogP contribution in [0.15, 0.2) is 4.99 Å². The van der Waals surface area contributed by atoms with E-state index in [1.54, 1.807) is 0 Å². The van der Waals surface area contributed by atoms with Crippen LogP contribution in [0.1, 0.15) is 39.5 Å². The van der Waals surface area contributed by atoms with E-state index in [1.807, 2.05) is 0 Å². The summed E-state index contributed by atoms with van der Waals surface area (Å²) in [6.07, 6.45) is 5.42. The lowest BCUT2D eigenvalue weighted by Crippen LogP contribution is -2.62. The Morgan fingerprint density at radius 1 is 1.00 bits per heavy atom. The molecule has 6 nitrogen and oxygen atoms in total. The number of fused-ring (bicyclic) bond motifs is 3. The number of likely N-dealkylation sites (tertiary alicyclic amines) is 1. The van der Waals surface area contributed by atoms with E-state index in [2.05, 4.69) is 39.2 Å². The molecule has 0 aromatic carbocycles. The average Bonchev–Trinajstić information content (AvgIpc) is 2.67. The first-order valence-corrected chi connectivity index (χ1v) is 10.5. The van der Waals surface area contributed by atoms with Crippen LogP contribution in [0, 0.1) is 0 Å². The minimum atomic E-state index is 0.601. The topological polar surface area (TPSA) is 46.1 Å². The van der Waals surface area contributed by atoms with Gasteiger partial charge in [0.05, 0.1) is 6.54 Å². The van der Waals surface area contributed by atoms with Gasteiger partial charge in [0.25, 0.3) is 0 Å². The van der Waals surface area contributed by atoms with Crippen molar-refractivity contribution in [2.24, 2.45) is 4.99 Å². The molecule has 4 heterocycles. The molecule has 4 rings (SSSR count). The average molecular weight is 351 g/mol. The molecule has 4 aliphatic rings. The van der Waals surface area contributed by atoms with Crippen molar-refractivity contribution in [3.8, 4) is 0 Å². The van der Waals surface area contributed by atoms with E-state index in [4.69, 9.17) is 4.99 Å². The van der Waals surface area contributed by atoms with Crippen molar-refractivity contribution in [3.63, 3.8) is 0 Å². The molecular weight excluding hydrogens is 312 g/mol. The fraction of sp³-hybridized carbons (Fsp3) is 0.947. The molecule has 2 unspecified atom stereocenters. The molecule has 2 N–H and O–H groups in total. The third-order valence-corrected chi connectivity index (χ3v) is 6.11. The number of piperazine rings is 3. The summed E-state index contributed by atoms with van der Waals surface area (Å²) in [4.78, 5) is 12.8. The lowest BCUT2D eigenvalue weighted by Gasteiger charge is -2.47. The molecule has 4 aliphatic heterocycles. The highest BCUT2D eigenvalue weighted by atomic mass is 15.3. The molecule has 0 amide bonds. The third-order valence-electron chi connectivity index (χ3n) is 6.11. The van der Waals surface area contributed by atoms with E-state index in [9.17, 15) is 0 Å². The molecule has 2 atom stereocenters. The van der Waals surface area contributed by atoms with Crippen molar-refractivity contribution in [3.05, 3.63) is 0 Å². The smallest absolute Gasteiger partial charge is 0.191 e. The Morgan fingerprint density at radius 3 is 2.52 bits per heavy atom. The zero-order valence-corrected chi connectivity index (χ0v) is 16.3. The van der Waals surface area contributed by atoms with Gasteiger partial charge in [-0.2, -0.15) is 0 Å². The molecule has 0 radical (unpaired) electrons. The summed E-state index contributed by atoms with van der Waals surface area (Å²) in [6.45, 7) is 15.8. The highest BCUT2D eigenvalue weighted by Gasteiger charge is 2.31. The number of hydrogen-bond donors (Lipinski definition) is 2. The van der Waals surface area contributed by atoms with Crippen LogP contribution in [0.5, 0.6) is 0 Å². The van der Waals surface area contributed by atoms with Gasteiger partial charge in [0.1, 0.15) is 0 Å². The largest absolute Gasteiger partial charge is 0.357 e. The molecule has 4 saturated heterocycles. The zero-order valence-electron chi connectivity index (χ0n) is 16.3. The molecule has 0 aromatic rings. The minimum Gasteiger partial charge on any atom is -0.357 e. The van der Waals surface area contributed by atoms with Crippen molar-refractivity contribution < 1.29 is 0 Å². The second-order valence-corrected chi connectivity index (χ2v) is 7.73. The normalized spacial score (nSPS) is 33.4. The van der Waals surface area contributed by atoms with Gasteiger partial charge in [0.2, 0.25) is 0 Å². The first kappa shape index (κ1) is 18.9. The Kier molecular flexibility index (Phi) is 7.37. The van der Waals surface area contributed by atoms with Crippen LogP contribution in [0.3, 0.4) is 0 Å². The maximum absolute atomic E-state index is 4.89. The van der Waals surface area contributed by atoms with E-state index < -0.39 is 0 Å². The van der Waals surface area contributed by atoms with Gasteiger partial charge in [0, 0.05) is 64.4 Å². The summed E-state index contributed by atoms with van der Waals surface area (Å²) < 4.78 is 0. The molecule has 0 aliphatic carbocycles. The van der Waals surface area contributed by atoms with Gasteiger partial charge in [0.15, 0.2) is 5.96 Å². The Labute approximate surface area is 154 Å². The number of guanidine groups is 1. The molecule has 144 valence electrons. The van der Waals surface area contributed by atoms with Crippen LogP contribution in [0.2, 0.25) is 0 Å². The van der Waals surface area contributed by atoms with E-state index in [0.717, 1.165) is 38.2 Å². The van der Waals surface area contributed by atoms with E-state index in [-0.39, 0.29) is 0 Å². The summed E-state index contributed by atoms with van der Waals surface area (Å²) in [5.74, 6) is 0.991. The monoisotopic (exact) mass is 350 g/mol. The van der Waals surface area contributed by atoms with Crippen LogP contribution in [-0.2, 0) is 0 Å². The van der Waals surface area contributed by atoms with Gasteiger partial charge in [-0.3, -0.25) is 19.7 Å². The Hall–Kier alpha value is -0.850. The standard InChI is InChI=1S/C19H38N6/c1-3-17-7-5-6-9-24(17)10-8-21-19(20-4-2)22-15-18-16-23-11-13-25(18)14-12-23/h17-18H,3-16H2,1-2H3,(H2,20,21,22). The molecule has 0 saturated carbocycles. The van der Waals surface area contributed by atoms with Gasteiger partial charge in [-0.15, -0.1) is 0 Å². The molecule has 0 aromatic heterocycles. The summed E-state index contributed by atoms with van der Waals surface area (Å²) in [5.41, 5.74) is 0. The van der Waals surface area contributed by atoms with Crippen LogP contribution in [0.4, 0.5) is 0 Å². The van der Waals surface area contributed by atoms with Crippen molar-refractivity contribution in [2.75, 3.05) is 65.4 Å². The Bertz CT molecular complexity index is 418. The highest BCUT2D eigenvalue weighted by Crippen LogP contribution is 2.18. The number of rotatable bonds is 7. The Morgan fingerprint density at radius 2 is 1.84 bits per heavy atom. The minimum absolute atomic E-state index is 0.601. The van der Waals surface area contributed by atoms with E-state index >= 15 is 0 Å². The van der Waals surface area contributed by atoms with Crippen molar-refractivity contribution in [1.82, 2.24) is 25.3 Å². The zero-order chi connectivity index (χ0) is 17.5. The number of nitrogens with zero attached hydrogens (tertiary/aromatic N) is 4. The molecule has 4 fully saturated rings. The first-order chi connectivity index (χ1) is 12.3. The number of piperidine rings is 1.